The number of halogens is 6. The van der Waals surface area contributed by atoms with E-state index in [1.54, 1.807) is 92.0 Å². The van der Waals surface area contributed by atoms with Gasteiger partial charge in [0.05, 0.1) is 64.6 Å². The first-order chi connectivity index (χ1) is 70.7. The Morgan fingerprint density at radius 2 is 0.524 bits per heavy atom. The van der Waals surface area contributed by atoms with Crippen LogP contribution in [-0.4, -0.2) is 158 Å². The molecule has 0 saturated carbocycles. The number of esters is 5. The van der Waals surface area contributed by atoms with Gasteiger partial charge >= 0.3 is 29.8 Å². The number of fused-ring (bicyclic) bond motifs is 38. The Bertz CT molecular complexity index is 8980. The molecule has 147 heavy (non-hydrogen) atoms. The molecule has 0 unspecified atom stereocenters. The molecular formula is C101H51Cl4F2N15O25. The zero-order valence-electron chi connectivity index (χ0n) is 73.4. The van der Waals surface area contributed by atoms with E-state index in [0.717, 1.165) is 24.3 Å². The molecule has 5 spiro atoms. The number of hydrogen-bond donors (Lipinski definition) is 14. The van der Waals surface area contributed by atoms with Crippen molar-refractivity contribution in [2.45, 2.75) is 28.0 Å². The van der Waals surface area contributed by atoms with Crippen molar-refractivity contribution < 1.29 is 131 Å². The molecule has 722 valence electrons. The number of phenolic OH excluding ortho intramolecular Hbond substituents is 10. The first kappa shape index (κ1) is 87.9. The molecule has 40 nitrogen and oxygen atoms in total. The van der Waals surface area contributed by atoms with Crippen LogP contribution < -0.4 is 23.7 Å². The number of ether oxygens (including phenoxy) is 10. The highest BCUT2D eigenvalue weighted by atomic mass is 35.5. The Morgan fingerprint density at radius 3 is 0.871 bits per heavy atom. The molecule has 0 radical (unpaired) electrons. The van der Waals surface area contributed by atoms with Gasteiger partial charge in [0.25, 0.3) is 0 Å². The van der Waals surface area contributed by atoms with Crippen LogP contribution in [0.15, 0.2) is 206 Å². The van der Waals surface area contributed by atoms with Gasteiger partial charge < -0.3 is 98.4 Å². The number of aryl methyl sites for hydroxylation is 1. The number of nitrogens with zero attached hydrogens (tertiary/aromatic N) is 11. The third-order valence-corrected chi connectivity index (χ3v) is 28.1. The van der Waals surface area contributed by atoms with Gasteiger partial charge in [0, 0.05) is 140 Å². The lowest BCUT2D eigenvalue weighted by Crippen LogP contribution is -2.33. The molecule has 0 saturated heterocycles. The normalized spacial score (nSPS) is 15.5. The predicted molar refractivity (Wildman–Crippen MR) is 502 cm³/mol. The van der Waals surface area contributed by atoms with Crippen molar-refractivity contribution in [3.05, 3.63) is 349 Å². The number of aromatic amines is 4. The molecule has 15 heterocycles. The minimum Gasteiger partial charge on any atom is -0.508 e. The van der Waals surface area contributed by atoms with Gasteiger partial charge in [-0.1, -0.05) is 69.8 Å². The largest absolute Gasteiger partial charge is 0.508 e. The molecule has 0 aliphatic carbocycles. The topological polar surface area (TPSA) is 577 Å². The maximum atomic E-state index is 14.4. The Hall–Kier alpha value is -19.3. The smallest absolute Gasteiger partial charge is 0.342 e. The average molecular weight is 2050 g/mol. The number of rotatable bonds is 0. The summed E-state index contributed by atoms with van der Waals surface area (Å²) in [6.07, 6.45) is 0. The Morgan fingerprint density at radius 1 is 0.265 bits per heavy atom. The summed E-state index contributed by atoms with van der Waals surface area (Å²) >= 11 is 24.8. The van der Waals surface area contributed by atoms with Gasteiger partial charge in [-0.25, -0.2) is 37.4 Å². The van der Waals surface area contributed by atoms with Crippen molar-refractivity contribution in [2.24, 2.45) is 7.05 Å². The minimum absolute atomic E-state index is 0.00834. The fourth-order valence-corrected chi connectivity index (χ4v) is 21.3. The van der Waals surface area contributed by atoms with E-state index in [4.69, 9.17) is 93.8 Å². The summed E-state index contributed by atoms with van der Waals surface area (Å²) in [5.74, 6) is -4.94. The molecule has 0 amide bonds. The molecule has 0 atom stereocenters. The molecule has 0 fully saturated rings. The quantitative estimate of drug-likeness (QED) is 0.0495. The van der Waals surface area contributed by atoms with Crippen molar-refractivity contribution in [3.8, 4) is 115 Å². The van der Waals surface area contributed by atoms with Crippen LogP contribution >= 0.6 is 46.4 Å². The minimum atomic E-state index is -1.79. The number of H-pyrrole nitrogens is 4. The van der Waals surface area contributed by atoms with Crippen LogP contribution in [0.2, 0.25) is 20.1 Å². The third-order valence-electron chi connectivity index (χ3n) is 26.9. The van der Waals surface area contributed by atoms with E-state index < -0.39 is 81.0 Å². The second-order valence-electron chi connectivity index (χ2n) is 34.7. The summed E-state index contributed by atoms with van der Waals surface area (Å²) in [6, 6.07) is 50.6. The van der Waals surface area contributed by atoms with Crippen LogP contribution in [0.4, 0.5) is 8.78 Å². The number of hydrogen-bond acceptors (Lipinski definition) is 35. The molecule has 30 rings (SSSR count). The van der Waals surface area contributed by atoms with Gasteiger partial charge in [-0.2, -0.15) is 61.6 Å². The molecular weight excluding hydrogens is 2000 g/mol. The highest BCUT2D eigenvalue weighted by Crippen LogP contribution is 2.66. The average Bonchev–Trinajstić information content (AvgIpc) is 1.56. The molecule has 10 aliphatic heterocycles. The summed E-state index contributed by atoms with van der Waals surface area (Å²) < 4.78 is 89.4. The molecule has 5 aromatic heterocycles. The van der Waals surface area contributed by atoms with E-state index in [2.05, 4.69) is 72.0 Å². The lowest BCUT2D eigenvalue weighted by Gasteiger charge is -2.36. The van der Waals surface area contributed by atoms with Crippen molar-refractivity contribution in [2.75, 3.05) is 0 Å². The van der Waals surface area contributed by atoms with Gasteiger partial charge in [0.2, 0.25) is 0 Å². The maximum absolute atomic E-state index is 14.4. The SMILES string of the molecule is Cn1nnc2c3c(ccc21)C1(OC3=O)c2cc(F)c(O)cc2Oc2cc(O)c(F)cc21.O=C1OC2(c3cc(Cl)c(O)cc3Oc3cc(O)c(Cl)cc32)c2cc3n[nH]nc3cc21.O=C1OC2(c3cc(Cl)c(O)cc3Oc3cc(O)c(Cl)cc32)c2ccc3n[nH]nc3c21.O=C1OC2(c3ccc(O)cc3Oc3cc(O)ccc32)c2cc3n[nH]nc3cc21.O=C1OC2(c3ccc(O)cc3Oc3cc(O)ccc32)c2ccc3n[nH]nc3c21. The van der Waals surface area contributed by atoms with Crippen LogP contribution in [0.25, 0.3) is 55.2 Å². The third kappa shape index (κ3) is 12.3. The molecule has 10 aliphatic rings. The fourth-order valence-electron chi connectivity index (χ4n) is 20.6. The van der Waals surface area contributed by atoms with Crippen molar-refractivity contribution >= 4 is 131 Å². The number of aromatic nitrogens is 15. The van der Waals surface area contributed by atoms with E-state index in [9.17, 15) is 83.8 Å². The maximum Gasteiger partial charge on any atom is 0.342 e. The Balaban J connectivity index is 0.0000000932. The van der Waals surface area contributed by atoms with Crippen LogP contribution in [0.1, 0.15) is 135 Å². The van der Waals surface area contributed by atoms with Crippen LogP contribution in [0.5, 0.6) is 115 Å². The van der Waals surface area contributed by atoms with E-state index in [1.165, 1.54) is 102 Å². The van der Waals surface area contributed by atoms with Gasteiger partial charge in [-0.05, 0) is 127 Å². The molecule has 0 bridgehead atoms. The second kappa shape index (κ2) is 30.8. The van der Waals surface area contributed by atoms with Crippen molar-refractivity contribution in [1.82, 2.24) is 76.6 Å². The molecule has 14 N–H and O–H groups in total. The zero-order chi connectivity index (χ0) is 101. The Kier molecular flexibility index (Phi) is 18.4. The first-order valence-electron chi connectivity index (χ1n) is 43.5. The second-order valence-corrected chi connectivity index (χ2v) is 36.4. The zero-order valence-corrected chi connectivity index (χ0v) is 76.4. The van der Waals surface area contributed by atoms with Crippen LogP contribution in [0.3, 0.4) is 0 Å². The molecule has 15 aromatic carbocycles. The highest BCUT2D eigenvalue weighted by molar-refractivity contribution is 6.33. The fraction of sp³-hybridized carbons (Fsp3) is 0.0594. The number of carbonyl (C=O) groups excluding carboxylic acids is 5. The van der Waals surface area contributed by atoms with Crippen LogP contribution in [-0.2, 0) is 58.7 Å². The monoisotopic (exact) mass is 2050 g/mol. The summed E-state index contributed by atoms with van der Waals surface area (Å²) in [6.45, 7) is 0. The van der Waals surface area contributed by atoms with Gasteiger partial charge in [-0.15, -0.1) is 5.10 Å². The van der Waals surface area contributed by atoms with Gasteiger partial charge in [0.15, 0.2) is 51.1 Å². The number of aromatic hydroxyl groups is 10. The lowest BCUT2D eigenvalue weighted by molar-refractivity contribution is 0.0213. The first-order valence-corrected chi connectivity index (χ1v) is 45.0. The summed E-state index contributed by atoms with van der Waals surface area (Å²) in [5, 5.41) is 151. The number of benzene rings is 15. The summed E-state index contributed by atoms with van der Waals surface area (Å²) in [7, 11) is 1.66. The van der Waals surface area contributed by atoms with Crippen molar-refractivity contribution in [1.29, 1.82) is 0 Å². The van der Waals surface area contributed by atoms with Gasteiger partial charge in [-0.3, -0.25) is 0 Å². The highest BCUT2D eigenvalue weighted by Gasteiger charge is 2.62. The van der Waals surface area contributed by atoms with E-state index >= 15 is 0 Å². The lowest BCUT2D eigenvalue weighted by atomic mass is 9.77. The molecule has 46 heteroatoms. The summed E-state index contributed by atoms with van der Waals surface area (Å²) in [5.41, 5.74) is 5.29. The predicted octanol–water partition coefficient (Wildman–Crippen LogP) is 17.6. The molecule has 20 aromatic rings. The van der Waals surface area contributed by atoms with Crippen molar-refractivity contribution in [3.63, 3.8) is 0 Å². The summed E-state index contributed by atoms with van der Waals surface area (Å²) in [4.78, 5) is 64.9. The van der Waals surface area contributed by atoms with Gasteiger partial charge in [0.1, 0.15) is 153 Å². The number of carbonyl (C=O) groups is 5. The standard InChI is InChI=1S/C21H11F2N3O5.2C20H9Cl2N3O5.2C20H11N3O5/c1-26-13-3-2-8-18(19(13)24-25-26)20(29)31-21(8)9-4-11(22)14(27)6-16(9)30-17-7-15(28)12(23)5-10(17)21;21-11-2-9-17(5-15(11)26)29-18-6-16(27)12(22)3-10(18)20(9)8-4-14-13(23-25-24-14)1-7(8)19(28)30-20;21-10-3-8-15(5-13(10)26)29-16-6-14(27)11(22)4-9(16)20(8)7-1-2-12-18(24-25-23-12)17(7)19(28)30-20;24-9-1-3-12-17(5-9)27-18-6-10(25)2-4-13(18)20(12)14-8-16-15(21-23-22-16)7-11(14)19(26)28-20;24-9-1-3-11-15(7-9)27-16-8-10(25)2-4-12(16)20(11)13-5-6-14-18(22-23-21-14)17(13)19(26)28-20/h2-7,27-28H,1H3;2*1-6,26-27H,(H,23,24,25);2*1-8,24-25H,(H,21,22,23). The van der Waals surface area contributed by atoms with Crippen LogP contribution in [0, 0.1) is 11.6 Å². The van der Waals surface area contributed by atoms with E-state index in [1.807, 2.05) is 0 Å². The number of nitrogens with one attached hydrogen (secondary N) is 4. The Labute approximate surface area is 833 Å². The van der Waals surface area contributed by atoms with E-state index in [0.29, 0.717) is 156 Å². The van der Waals surface area contributed by atoms with E-state index in [-0.39, 0.29) is 134 Å². The number of phenols is 10.